The molecule has 11 N–H and O–H groups in total. The normalized spacial score (nSPS) is 27.8. The van der Waals surface area contributed by atoms with Gasteiger partial charge in [0.15, 0.2) is 18.7 Å². The molecule has 24 nitrogen and oxygen atoms in total. The summed E-state index contributed by atoms with van der Waals surface area (Å²) in [5, 5.41) is 110. The Morgan fingerprint density at radius 2 is 0.840 bits per heavy atom. The highest BCUT2D eigenvalue weighted by Gasteiger charge is 2.58. The minimum atomic E-state index is -5.71. The van der Waals surface area contributed by atoms with Crippen LogP contribution in [0.4, 0.5) is 0 Å². The molecule has 2 aliphatic heterocycles. The van der Waals surface area contributed by atoms with Gasteiger partial charge in [-0.25, -0.2) is 9.36 Å². The maximum absolute atomic E-state index is 14.3. The molecule has 0 aromatic heterocycles. The smallest absolute Gasteiger partial charge is 0.462 e. The van der Waals surface area contributed by atoms with Gasteiger partial charge < -0.3 is 89.1 Å². The van der Waals surface area contributed by atoms with Crippen molar-refractivity contribution in [2.45, 2.75) is 389 Å². The van der Waals surface area contributed by atoms with E-state index in [1.165, 1.54) is 147 Å². The van der Waals surface area contributed by atoms with Crippen molar-refractivity contribution in [3.05, 3.63) is 36.5 Å². The second-order valence-corrected chi connectivity index (χ2v) is 29.5. The molecule has 100 heavy (non-hydrogen) atoms. The minimum absolute atomic E-state index is 0.0390. The monoisotopic (exact) mass is 1450 g/mol. The Balaban J connectivity index is 1.75. The summed E-state index contributed by atoms with van der Waals surface area (Å²) in [6.45, 7) is 5.67. The van der Waals surface area contributed by atoms with E-state index < -0.39 is 156 Å². The fraction of sp³-hybridized carbons (Fsp3) is 0.880. The summed E-state index contributed by atoms with van der Waals surface area (Å²) in [5.41, 5.74) is 0. The SMILES string of the molecule is CCCCCCCCC/C=C\CCCCCC(=O)OC(COC(=O)CCCCCCCCC(C)CCCCCCCC)COP(=O)(O)OC1C(OC2OC(CO)C(O)C(O)C2O)C(O)C(O)C(O)C1OC1OC(COC(=O)/C=C/C=C/CCCCCCCCCCCCC)C(O)C(O)C1O. The van der Waals surface area contributed by atoms with Crippen LogP contribution in [-0.2, 0) is 61.2 Å². The number of hydrogen-bond acceptors (Lipinski definition) is 23. The van der Waals surface area contributed by atoms with Gasteiger partial charge in [0.25, 0.3) is 0 Å². The Labute approximate surface area is 597 Å². The van der Waals surface area contributed by atoms with E-state index in [2.05, 4.69) is 39.8 Å². The van der Waals surface area contributed by atoms with Crippen LogP contribution in [0.2, 0.25) is 0 Å². The molecule has 0 spiro atoms. The van der Waals surface area contributed by atoms with Crippen LogP contribution in [0, 0.1) is 5.92 Å². The van der Waals surface area contributed by atoms with Crippen molar-refractivity contribution in [2.24, 2.45) is 5.92 Å². The van der Waals surface area contributed by atoms with Gasteiger partial charge in [-0.05, 0) is 57.3 Å². The fourth-order valence-corrected chi connectivity index (χ4v) is 13.7. The number of esters is 3. The Bertz CT molecular complexity index is 2220. The lowest BCUT2D eigenvalue weighted by atomic mass is 9.84. The van der Waals surface area contributed by atoms with Gasteiger partial charge in [-0.3, -0.25) is 18.6 Å². The van der Waals surface area contributed by atoms with Crippen LogP contribution in [0.1, 0.15) is 285 Å². The summed E-state index contributed by atoms with van der Waals surface area (Å²) >= 11 is 0. The van der Waals surface area contributed by atoms with Gasteiger partial charge >= 0.3 is 25.7 Å². The Hall–Kier alpha value is -2.82. The van der Waals surface area contributed by atoms with Crippen LogP contribution < -0.4 is 0 Å². The molecule has 584 valence electrons. The van der Waals surface area contributed by atoms with Crippen LogP contribution in [-0.4, -0.2) is 204 Å². The summed E-state index contributed by atoms with van der Waals surface area (Å²) in [4.78, 5) is 51.0. The first-order chi connectivity index (χ1) is 48.2. The molecule has 0 radical (unpaired) electrons. The van der Waals surface area contributed by atoms with E-state index in [-0.39, 0.29) is 12.8 Å². The van der Waals surface area contributed by atoms with Crippen LogP contribution in [0.5, 0.6) is 0 Å². The van der Waals surface area contributed by atoms with Crippen molar-refractivity contribution in [3.8, 4) is 0 Å². The molecular weight excluding hydrogens is 1320 g/mol. The van der Waals surface area contributed by atoms with Gasteiger partial charge in [0.1, 0.15) is 98.7 Å². The molecule has 0 amide bonds. The highest BCUT2D eigenvalue weighted by Crippen LogP contribution is 2.49. The number of rotatable bonds is 59. The van der Waals surface area contributed by atoms with Gasteiger partial charge in [-0.2, -0.15) is 0 Å². The number of carbonyl (C=O) groups is 3. The zero-order valence-electron chi connectivity index (χ0n) is 61.1. The number of ether oxygens (including phenoxy) is 7. The number of phosphoric acid groups is 1. The lowest BCUT2D eigenvalue weighted by Gasteiger charge is -2.49. The van der Waals surface area contributed by atoms with E-state index in [0.29, 0.717) is 25.2 Å². The molecular formula is C75H135O24P. The van der Waals surface area contributed by atoms with Crippen molar-refractivity contribution >= 4 is 25.7 Å². The molecule has 19 unspecified atom stereocenters. The van der Waals surface area contributed by atoms with Gasteiger partial charge in [-0.15, -0.1) is 0 Å². The van der Waals surface area contributed by atoms with Gasteiger partial charge in [0, 0.05) is 18.9 Å². The molecule has 25 heteroatoms. The van der Waals surface area contributed by atoms with Crippen molar-refractivity contribution < 1.29 is 117 Å². The van der Waals surface area contributed by atoms with E-state index in [0.717, 1.165) is 89.5 Å². The molecule has 0 bridgehead atoms. The maximum atomic E-state index is 14.3. The molecule has 19 atom stereocenters. The van der Waals surface area contributed by atoms with E-state index in [1.54, 1.807) is 6.08 Å². The first kappa shape index (κ1) is 91.4. The number of phosphoric ester groups is 1. The molecule has 3 aliphatic rings. The largest absolute Gasteiger partial charge is 0.472 e. The molecule has 0 aromatic rings. The highest BCUT2D eigenvalue weighted by molar-refractivity contribution is 7.47. The first-order valence-electron chi connectivity index (χ1n) is 38.7. The lowest BCUT2D eigenvalue weighted by Crippen LogP contribution is -2.69. The molecule has 2 saturated heterocycles. The molecule has 3 rings (SSSR count). The fourth-order valence-electron chi connectivity index (χ4n) is 12.7. The summed E-state index contributed by atoms with van der Waals surface area (Å²) < 4.78 is 64.9. The average Bonchev–Trinajstić information content (AvgIpc) is 0.762. The molecule has 3 fully saturated rings. The Kier molecular flexibility index (Phi) is 50.8. The van der Waals surface area contributed by atoms with Gasteiger partial charge in [0.2, 0.25) is 0 Å². The number of allylic oxidation sites excluding steroid dienone is 5. The second-order valence-electron chi connectivity index (χ2n) is 28.1. The summed E-state index contributed by atoms with van der Waals surface area (Å²) in [7, 11) is -5.71. The lowest BCUT2D eigenvalue weighted by molar-refractivity contribution is -0.360. The van der Waals surface area contributed by atoms with Crippen molar-refractivity contribution in [1.82, 2.24) is 0 Å². The zero-order valence-corrected chi connectivity index (χ0v) is 62.0. The molecule has 2 heterocycles. The third-order valence-electron chi connectivity index (χ3n) is 19.1. The number of aliphatic hydroxyl groups excluding tert-OH is 10. The predicted octanol–water partition coefficient (Wildman–Crippen LogP) is 10.9. The Morgan fingerprint density at radius 1 is 0.440 bits per heavy atom. The zero-order chi connectivity index (χ0) is 73.3. The Morgan fingerprint density at radius 3 is 1.32 bits per heavy atom. The average molecular weight is 1450 g/mol. The van der Waals surface area contributed by atoms with E-state index in [1.807, 2.05) is 6.08 Å². The van der Waals surface area contributed by atoms with Crippen molar-refractivity contribution in [1.29, 1.82) is 0 Å². The van der Waals surface area contributed by atoms with Gasteiger partial charge in [0.05, 0.1) is 13.2 Å². The third kappa shape index (κ3) is 38.4. The number of hydrogen-bond donors (Lipinski definition) is 11. The summed E-state index contributed by atoms with van der Waals surface area (Å²) in [6, 6.07) is 0. The third-order valence-corrected chi connectivity index (χ3v) is 20.1. The van der Waals surface area contributed by atoms with E-state index >= 15 is 0 Å². The van der Waals surface area contributed by atoms with E-state index in [9.17, 15) is 74.9 Å². The molecule has 1 saturated carbocycles. The summed E-state index contributed by atoms with van der Waals surface area (Å²) in [5.74, 6) is -1.55. The molecule has 1 aliphatic carbocycles. The topological polar surface area (TPSA) is 374 Å². The van der Waals surface area contributed by atoms with Crippen LogP contribution >= 0.6 is 7.82 Å². The minimum Gasteiger partial charge on any atom is -0.462 e. The van der Waals surface area contributed by atoms with Crippen LogP contribution in [0.25, 0.3) is 0 Å². The van der Waals surface area contributed by atoms with Crippen LogP contribution in [0.3, 0.4) is 0 Å². The van der Waals surface area contributed by atoms with Crippen LogP contribution in [0.15, 0.2) is 36.5 Å². The quantitative estimate of drug-likeness (QED) is 0.00512. The maximum Gasteiger partial charge on any atom is 0.472 e. The van der Waals surface area contributed by atoms with Crippen molar-refractivity contribution in [2.75, 3.05) is 26.4 Å². The first-order valence-corrected chi connectivity index (χ1v) is 40.2. The highest BCUT2D eigenvalue weighted by atomic mass is 31.2. The number of carbonyl (C=O) groups excluding carboxylic acids is 3. The van der Waals surface area contributed by atoms with Gasteiger partial charge in [-0.1, -0.05) is 251 Å². The number of unbranched alkanes of at least 4 members (excludes halogenated alkanes) is 31. The predicted molar refractivity (Wildman–Crippen MR) is 379 cm³/mol. The summed E-state index contributed by atoms with van der Waals surface area (Å²) in [6.07, 6.45) is 17.0. The second kappa shape index (κ2) is 55.6. The van der Waals surface area contributed by atoms with E-state index in [4.69, 9.17) is 42.2 Å². The van der Waals surface area contributed by atoms with Crippen molar-refractivity contribution in [3.63, 3.8) is 0 Å². The molecule has 0 aromatic carbocycles. The number of aliphatic hydroxyl groups is 10. The standard InChI is InChI=1S/C75H135O24P/c1-5-8-11-14-17-19-21-23-25-27-28-30-32-38-44-49-60(78)92-54-58-63(81)65(83)70(88)75(96-58)98-72-68(86)66(84)67(85)71(97-74-69(87)64(82)62(80)57(51-76)95-74)73(72)99-100(89,90)93-53-56(94-61(79)50-45-40-33-31-29-26-24-22-20-18-15-12-9-6-2)52-91-59(77)48-43-39-35-34-37-42-47-55(4)46-41-36-16-13-10-7-3/h26,29,32,38,44,49,55-58,62-76,80-88H,5-25,27-28,30-31,33-37,39-43,45-48,50-54H2,1-4H3,(H,89,90)/b29-26-,38-32+,49-44+.